The van der Waals surface area contributed by atoms with Crippen LogP contribution in [0.25, 0.3) is 83.6 Å². The Balaban J connectivity index is 1.10. The smallest absolute Gasteiger partial charge is 0.149 e. The minimum atomic E-state index is -0.139. The van der Waals surface area contributed by atoms with E-state index in [-0.39, 0.29) is 16.6 Å². The summed E-state index contributed by atoms with van der Waals surface area (Å²) in [6.45, 7) is 11.3. The minimum Gasteiger partial charge on any atom is -0.507 e. The summed E-state index contributed by atoms with van der Waals surface area (Å²) in [6, 6.07) is 58.9. The molecule has 1 N–H and O–H groups in total. The second kappa shape index (κ2) is 14.2. The highest BCUT2D eigenvalue weighted by atomic mass is 16.3. The number of imidazole rings is 1. The van der Waals surface area contributed by atoms with Crippen LogP contribution in [0.4, 0.5) is 0 Å². The fourth-order valence-corrected chi connectivity index (χ4v) is 8.52. The van der Waals surface area contributed by atoms with Gasteiger partial charge in [-0.3, -0.25) is 9.55 Å². The Labute approximate surface area is 350 Å². The van der Waals surface area contributed by atoms with Crippen LogP contribution in [-0.2, 0) is 10.8 Å². The first-order chi connectivity index (χ1) is 29.0. The lowest BCUT2D eigenvalue weighted by atomic mass is 9.78. The van der Waals surface area contributed by atoms with Crippen molar-refractivity contribution in [1.29, 1.82) is 0 Å². The summed E-state index contributed by atoms with van der Waals surface area (Å²) in [7, 11) is 0. The van der Waals surface area contributed by atoms with Crippen LogP contribution in [0.3, 0.4) is 0 Å². The average molecular weight is 780 g/mol. The van der Waals surface area contributed by atoms with Gasteiger partial charge in [-0.25, -0.2) is 4.98 Å². The number of hydrogen-bond donors (Lipinski definition) is 1. The molecule has 3 aromatic heterocycles. The van der Waals surface area contributed by atoms with Crippen molar-refractivity contribution in [3.05, 3.63) is 193 Å². The number of aromatic nitrogens is 3. The van der Waals surface area contributed by atoms with E-state index in [0.717, 1.165) is 66.6 Å². The van der Waals surface area contributed by atoms with Gasteiger partial charge in [0.25, 0.3) is 0 Å². The molecule has 10 rings (SSSR count). The number of phenols is 1. The van der Waals surface area contributed by atoms with Crippen LogP contribution in [0.1, 0.15) is 51.3 Å². The van der Waals surface area contributed by atoms with Gasteiger partial charge in [0.1, 0.15) is 22.7 Å². The van der Waals surface area contributed by atoms with E-state index in [1.54, 1.807) is 6.07 Å². The number of hydrogen-bond acceptors (Lipinski definition) is 4. The molecule has 5 heteroatoms. The van der Waals surface area contributed by atoms with E-state index in [1.807, 2.05) is 54.7 Å². The number of furan rings is 1. The monoisotopic (exact) mass is 779 g/mol. The summed E-state index contributed by atoms with van der Waals surface area (Å²) in [5.74, 6) is 0.767. The van der Waals surface area contributed by atoms with Crippen LogP contribution in [0.5, 0.6) is 5.75 Å². The topological polar surface area (TPSA) is 64.1 Å². The number of benzene rings is 7. The van der Waals surface area contributed by atoms with Crippen molar-refractivity contribution >= 4 is 33.0 Å². The largest absolute Gasteiger partial charge is 0.507 e. The van der Waals surface area contributed by atoms with Crippen LogP contribution in [0.2, 0.25) is 0 Å². The predicted molar refractivity (Wildman–Crippen MR) is 247 cm³/mol. The third kappa shape index (κ3) is 6.43. The fraction of sp³-hybridized carbons (Fsp3) is 0.127. The van der Waals surface area contributed by atoms with Gasteiger partial charge in [-0.1, -0.05) is 144 Å². The average Bonchev–Trinajstić information content (AvgIpc) is 3.84. The third-order valence-electron chi connectivity index (χ3n) is 12.0. The fourth-order valence-electron chi connectivity index (χ4n) is 8.52. The highest BCUT2D eigenvalue weighted by Gasteiger charge is 2.25. The molecule has 0 fully saturated rings. The Bertz CT molecular complexity index is 3210. The maximum absolute atomic E-state index is 11.7. The van der Waals surface area contributed by atoms with Crippen molar-refractivity contribution in [1.82, 2.24) is 14.5 Å². The maximum atomic E-state index is 11.7. The van der Waals surface area contributed by atoms with Crippen molar-refractivity contribution < 1.29 is 9.52 Å². The molecule has 0 amide bonds. The zero-order chi connectivity index (χ0) is 41.2. The van der Waals surface area contributed by atoms with Gasteiger partial charge in [-0.05, 0) is 99.5 Å². The summed E-state index contributed by atoms with van der Waals surface area (Å²) < 4.78 is 8.43. The number of fused-ring (bicyclic) bond motifs is 4. The zero-order valence-corrected chi connectivity index (χ0v) is 34.4. The Hall–Kier alpha value is -7.24. The number of nitrogens with zero attached hydrogens (tertiary/aromatic N) is 3. The summed E-state index contributed by atoms with van der Waals surface area (Å²) in [5.41, 5.74) is 14.5. The number of rotatable bonds is 7. The quantitative estimate of drug-likeness (QED) is 0.175. The zero-order valence-electron chi connectivity index (χ0n) is 34.4. The molecular weight excluding hydrogens is 735 g/mol. The first-order valence-electron chi connectivity index (χ1n) is 20.5. The molecule has 7 aromatic carbocycles. The molecule has 0 aliphatic heterocycles. The number of aromatic hydroxyl groups is 1. The Morgan fingerprint density at radius 3 is 1.98 bits per heavy atom. The lowest BCUT2D eigenvalue weighted by molar-refractivity contribution is 0.477. The van der Waals surface area contributed by atoms with E-state index < -0.39 is 0 Å². The summed E-state index contributed by atoms with van der Waals surface area (Å²) >= 11 is 0. The van der Waals surface area contributed by atoms with Crippen LogP contribution in [0.15, 0.2) is 180 Å². The molecule has 0 saturated heterocycles. The van der Waals surface area contributed by atoms with E-state index in [1.165, 1.54) is 16.7 Å². The summed E-state index contributed by atoms with van der Waals surface area (Å²) in [4.78, 5) is 10.3. The Morgan fingerprint density at radius 1 is 0.517 bits per heavy atom. The van der Waals surface area contributed by atoms with Gasteiger partial charge in [0.05, 0.1) is 22.3 Å². The van der Waals surface area contributed by atoms with E-state index in [9.17, 15) is 5.11 Å². The SMILES string of the molecule is CC(C)(C)c1cc(-c2cc(-c3ccc(C(C)(C)c4ccccc4)cc3)ccn2)cc(-c2cccc3c2nc(-c2cc4oc5ccccc5c4cc2O)n3-c2ccccc2)c1. The molecule has 0 aliphatic rings. The Kier molecular flexibility index (Phi) is 8.80. The summed E-state index contributed by atoms with van der Waals surface area (Å²) in [5, 5.41) is 13.5. The van der Waals surface area contributed by atoms with E-state index >= 15 is 0 Å². The van der Waals surface area contributed by atoms with Crippen molar-refractivity contribution in [2.24, 2.45) is 0 Å². The molecule has 292 valence electrons. The van der Waals surface area contributed by atoms with Gasteiger partial charge >= 0.3 is 0 Å². The van der Waals surface area contributed by atoms with Gasteiger partial charge in [0.2, 0.25) is 0 Å². The first-order valence-corrected chi connectivity index (χ1v) is 20.5. The summed E-state index contributed by atoms with van der Waals surface area (Å²) in [6.07, 6.45) is 1.91. The second-order valence-electron chi connectivity index (χ2n) is 17.3. The molecule has 60 heavy (non-hydrogen) atoms. The molecule has 3 heterocycles. The molecule has 0 spiro atoms. The van der Waals surface area contributed by atoms with E-state index in [4.69, 9.17) is 14.4 Å². The van der Waals surface area contributed by atoms with Crippen LogP contribution in [0, 0.1) is 0 Å². The van der Waals surface area contributed by atoms with Gasteiger partial charge in [-0.15, -0.1) is 0 Å². The number of para-hydroxylation sites is 3. The molecule has 0 bridgehead atoms. The van der Waals surface area contributed by atoms with E-state index in [0.29, 0.717) is 17.0 Å². The number of phenolic OH excluding ortho intramolecular Hbond substituents is 1. The highest BCUT2D eigenvalue weighted by molar-refractivity contribution is 6.07. The maximum Gasteiger partial charge on any atom is 0.149 e. The third-order valence-corrected chi connectivity index (χ3v) is 12.0. The van der Waals surface area contributed by atoms with Gasteiger partial charge < -0.3 is 9.52 Å². The minimum absolute atomic E-state index is 0.115. The molecule has 0 atom stereocenters. The van der Waals surface area contributed by atoms with Crippen molar-refractivity contribution in [3.63, 3.8) is 0 Å². The molecule has 0 saturated carbocycles. The van der Waals surface area contributed by atoms with Gasteiger partial charge in [0, 0.05) is 39.2 Å². The predicted octanol–water partition coefficient (Wildman–Crippen LogP) is 14.3. The van der Waals surface area contributed by atoms with E-state index in [2.05, 4.69) is 154 Å². The molecule has 5 nitrogen and oxygen atoms in total. The lowest BCUT2D eigenvalue weighted by Gasteiger charge is -2.26. The number of pyridine rings is 1. The van der Waals surface area contributed by atoms with Crippen LogP contribution < -0.4 is 0 Å². The molecular formula is C55H45N3O2. The lowest BCUT2D eigenvalue weighted by Crippen LogP contribution is -2.18. The molecule has 10 aromatic rings. The standard InChI is InChI=1S/C55H45N3O2/c1-54(2,3)41-30-37(29-38(31-41)47-32-36(27-28-56-47)35-23-25-40(26-24-35)55(4,5)39-15-8-6-9-16-39)43-20-14-21-48-52(43)57-53(58(48)42-17-10-7-11-18-42)46-34-51-45(33-49(46)59)44-19-12-13-22-50(44)60-51/h6-34,59H,1-5H3. The highest BCUT2D eigenvalue weighted by Crippen LogP contribution is 2.43. The van der Waals surface area contributed by atoms with Crippen LogP contribution in [-0.4, -0.2) is 19.6 Å². The molecule has 0 aliphatic carbocycles. The van der Waals surface area contributed by atoms with Crippen molar-refractivity contribution in [3.8, 4) is 56.3 Å². The normalized spacial score (nSPS) is 12.2. The van der Waals surface area contributed by atoms with Gasteiger partial charge in [-0.2, -0.15) is 0 Å². The van der Waals surface area contributed by atoms with Crippen molar-refractivity contribution in [2.75, 3.05) is 0 Å². The Morgan fingerprint density at radius 2 is 1.22 bits per heavy atom. The van der Waals surface area contributed by atoms with Crippen molar-refractivity contribution in [2.45, 2.75) is 45.4 Å². The molecule has 0 unspecified atom stereocenters. The molecule has 0 radical (unpaired) electrons. The van der Waals surface area contributed by atoms with Gasteiger partial charge in [0.15, 0.2) is 0 Å². The van der Waals surface area contributed by atoms with Crippen LogP contribution >= 0.6 is 0 Å². The first kappa shape index (κ1) is 37.1. The second-order valence-corrected chi connectivity index (χ2v) is 17.3.